The van der Waals surface area contributed by atoms with Crippen molar-refractivity contribution in [3.8, 4) is 0 Å². The lowest BCUT2D eigenvalue weighted by molar-refractivity contribution is -0.144. The van der Waals surface area contributed by atoms with E-state index in [1.54, 1.807) is 18.7 Å². The van der Waals surface area contributed by atoms with Crippen LogP contribution in [0.4, 0.5) is 0 Å². The summed E-state index contributed by atoms with van der Waals surface area (Å²) < 4.78 is 0. The molecule has 3 aliphatic rings. The fourth-order valence-corrected chi connectivity index (χ4v) is 5.75. The number of rotatable bonds is 11. The predicted octanol–water partition coefficient (Wildman–Crippen LogP) is 1.19. The van der Waals surface area contributed by atoms with Gasteiger partial charge in [0.1, 0.15) is 12.1 Å². The minimum atomic E-state index is -1.07. The summed E-state index contributed by atoms with van der Waals surface area (Å²) in [5.41, 5.74) is 6.02. The summed E-state index contributed by atoms with van der Waals surface area (Å²) in [7, 11) is 0. The Morgan fingerprint density at radius 2 is 1.68 bits per heavy atom. The molecule has 1 heterocycles. The fourth-order valence-electron chi connectivity index (χ4n) is 5.75. The van der Waals surface area contributed by atoms with E-state index >= 15 is 0 Å². The monoisotopic (exact) mass is 510 g/mol. The summed E-state index contributed by atoms with van der Waals surface area (Å²) in [5, 5.41) is 5.65. The number of nitrogens with one attached hydrogen (secondary N) is 2. The van der Waals surface area contributed by atoms with E-state index in [2.05, 4.69) is 24.5 Å². The number of nitrogens with zero attached hydrogens (tertiary/aromatic N) is 1. The summed E-state index contributed by atoms with van der Waals surface area (Å²) in [6.45, 7) is 8.07. The quantitative estimate of drug-likeness (QED) is 0.384. The first-order valence-corrected chi connectivity index (χ1v) is 13.2. The highest BCUT2D eigenvalue weighted by atomic mass is 16.2. The molecule has 37 heavy (non-hydrogen) atoms. The van der Waals surface area contributed by atoms with Crippen LogP contribution in [0.2, 0.25) is 0 Å². The van der Waals surface area contributed by atoms with Crippen LogP contribution in [0.15, 0.2) is 30.3 Å². The van der Waals surface area contributed by atoms with Gasteiger partial charge in [0.25, 0.3) is 5.91 Å². The molecule has 4 N–H and O–H groups in total. The standard InChI is InChI=1S/C28H38N4O5/c1-15(2)25(35)31-20(13-16-8-6-5-7-9-16)27(37)32-14-18-21(28(18,3)4)22(32)26(36)30-19(12-17-10-11-17)23(33)24(29)34/h5-9,15,17-22H,10-14H2,1-4H3,(H2,29,34)(H,30,36)(H,31,35)/t18-,19?,20?,21-,22-/m0/s1. The third kappa shape index (κ3) is 5.70. The normalized spacial score (nSPS) is 25.1. The molecule has 1 aromatic rings. The number of piperidine rings is 1. The predicted molar refractivity (Wildman–Crippen MR) is 137 cm³/mol. The van der Waals surface area contributed by atoms with E-state index in [1.165, 1.54) is 0 Å². The molecule has 200 valence electrons. The Morgan fingerprint density at radius 3 is 2.24 bits per heavy atom. The maximum absolute atomic E-state index is 13.9. The lowest BCUT2D eigenvalue weighted by atomic mass is 9.97. The number of ketones is 1. The highest BCUT2D eigenvalue weighted by Gasteiger charge is 2.69. The number of Topliss-reactive ketones (excluding diaryl/α,β-unsaturated/α-hetero) is 1. The molecule has 5 atom stereocenters. The Morgan fingerprint density at radius 1 is 1.03 bits per heavy atom. The second kappa shape index (κ2) is 10.3. The molecule has 0 bridgehead atoms. The van der Waals surface area contributed by atoms with Gasteiger partial charge < -0.3 is 21.3 Å². The van der Waals surface area contributed by atoms with Crippen molar-refractivity contribution in [2.75, 3.05) is 6.54 Å². The number of carbonyl (C=O) groups excluding carboxylic acids is 5. The Kier molecular flexibility index (Phi) is 7.44. The molecule has 1 aliphatic heterocycles. The minimum absolute atomic E-state index is 0.0696. The summed E-state index contributed by atoms with van der Waals surface area (Å²) >= 11 is 0. The maximum Gasteiger partial charge on any atom is 0.287 e. The molecule has 3 fully saturated rings. The van der Waals surface area contributed by atoms with Gasteiger partial charge in [-0.15, -0.1) is 0 Å². The molecule has 0 spiro atoms. The number of benzene rings is 1. The Balaban J connectivity index is 1.57. The highest BCUT2D eigenvalue weighted by Crippen LogP contribution is 2.65. The summed E-state index contributed by atoms with van der Waals surface area (Å²) in [6.07, 6.45) is 2.56. The molecule has 9 nitrogen and oxygen atoms in total. The smallest absolute Gasteiger partial charge is 0.287 e. The van der Waals surface area contributed by atoms with Gasteiger partial charge in [0.05, 0.1) is 6.04 Å². The molecule has 0 aromatic heterocycles. The van der Waals surface area contributed by atoms with Crippen LogP contribution in [0.5, 0.6) is 0 Å². The van der Waals surface area contributed by atoms with Crippen LogP contribution in [0.3, 0.4) is 0 Å². The van der Waals surface area contributed by atoms with E-state index in [0.29, 0.717) is 19.4 Å². The van der Waals surface area contributed by atoms with Crippen molar-refractivity contribution >= 4 is 29.4 Å². The Bertz CT molecular complexity index is 1080. The van der Waals surface area contributed by atoms with E-state index in [0.717, 1.165) is 18.4 Å². The largest absolute Gasteiger partial charge is 0.363 e. The first-order chi connectivity index (χ1) is 17.4. The number of hydrogen-bond donors (Lipinski definition) is 3. The first kappa shape index (κ1) is 26.8. The summed E-state index contributed by atoms with van der Waals surface area (Å²) in [6, 6.07) is 6.82. The zero-order valence-corrected chi connectivity index (χ0v) is 22.0. The van der Waals surface area contributed by atoms with Crippen LogP contribution in [0.25, 0.3) is 0 Å². The molecule has 9 heteroatoms. The Hall–Kier alpha value is -3.23. The van der Waals surface area contributed by atoms with Gasteiger partial charge in [-0.25, -0.2) is 0 Å². The summed E-state index contributed by atoms with van der Waals surface area (Å²) in [4.78, 5) is 65.8. The number of carbonyl (C=O) groups is 5. The highest BCUT2D eigenvalue weighted by molar-refractivity contribution is 6.37. The van der Waals surface area contributed by atoms with Crippen molar-refractivity contribution in [3.05, 3.63) is 35.9 Å². The van der Waals surface area contributed by atoms with E-state index in [1.807, 2.05) is 30.3 Å². The van der Waals surface area contributed by atoms with Crippen molar-refractivity contribution in [2.24, 2.45) is 34.8 Å². The van der Waals surface area contributed by atoms with Crippen LogP contribution in [0, 0.1) is 29.1 Å². The molecule has 1 saturated heterocycles. The molecule has 4 amide bonds. The van der Waals surface area contributed by atoms with Gasteiger partial charge in [-0.05, 0) is 35.2 Å². The molecule has 2 saturated carbocycles. The van der Waals surface area contributed by atoms with Crippen molar-refractivity contribution in [1.82, 2.24) is 15.5 Å². The molecule has 4 rings (SSSR count). The molecule has 2 unspecified atom stereocenters. The van der Waals surface area contributed by atoms with Gasteiger partial charge in [0.2, 0.25) is 23.5 Å². The van der Waals surface area contributed by atoms with Crippen molar-refractivity contribution in [2.45, 2.75) is 71.5 Å². The Labute approximate surface area is 217 Å². The van der Waals surface area contributed by atoms with Gasteiger partial charge in [0, 0.05) is 18.9 Å². The third-order valence-electron chi connectivity index (χ3n) is 8.32. The van der Waals surface area contributed by atoms with Crippen LogP contribution >= 0.6 is 0 Å². The number of hydrogen-bond acceptors (Lipinski definition) is 5. The molecule has 0 radical (unpaired) electrons. The average molecular weight is 511 g/mol. The number of likely N-dealkylation sites (tertiary alicyclic amines) is 1. The van der Waals surface area contributed by atoms with E-state index in [-0.39, 0.29) is 40.9 Å². The van der Waals surface area contributed by atoms with Gasteiger partial charge in [-0.2, -0.15) is 0 Å². The lowest BCUT2D eigenvalue weighted by Gasteiger charge is -2.34. The fraction of sp³-hybridized carbons (Fsp3) is 0.607. The molecule has 2 aliphatic carbocycles. The van der Waals surface area contributed by atoms with Gasteiger partial charge in [-0.3, -0.25) is 24.0 Å². The second-order valence-corrected chi connectivity index (χ2v) is 11.8. The first-order valence-electron chi connectivity index (χ1n) is 13.2. The van der Waals surface area contributed by atoms with Crippen molar-refractivity contribution in [1.29, 1.82) is 0 Å². The molecular formula is C28H38N4O5. The topological polar surface area (TPSA) is 139 Å². The molecule has 1 aromatic carbocycles. The van der Waals surface area contributed by atoms with Crippen molar-refractivity contribution in [3.63, 3.8) is 0 Å². The maximum atomic E-state index is 13.9. The SMILES string of the molecule is CC(C)C(=O)NC(Cc1ccccc1)C(=O)N1C[C@H]2[C@@H]([C@H]1C(=O)NC(CC1CC1)C(=O)C(N)=O)C2(C)C. The second-order valence-electron chi connectivity index (χ2n) is 11.8. The number of primary amides is 1. The molecular weight excluding hydrogens is 472 g/mol. The van der Waals surface area contributed by atoms with Crippen molar-refractivity contribution < 1.29 is 24.0 Å². The van der Waals surface area contributed by atoms with Gasteiger partial charge in [0.15, 0.2) is 0 Å². The minimum Gasteiger partial charge on any atom is -0.363 e. The number of fused-ring (bicyclic) bond motifs is 1. The van der Waals surface area contributed by atoms with E-state index < -0.39 is 35.7 Å². The van der Waals surface area contributed by atoms with E-state index in [9.17, 15) is 24.0 Å². The number of amides is 4. The summed E-state index contributed by atoms with van der Waals surface area (Å²) in [5.74, 6) is -2.85. The average Bonchev–Trinajstić information content (AvgIpc) is 3.70. The van der Waals surface area contributed by atoms with Gasteiger partial charge >= 0.3 is 0 Å². The van der Waals surface area contributed by atoms with Crippen LogP contribution in [0.1, 0.15) is 52.5 Å². The van der Waals surface area contributed by atoms with E-state index in [4.69, 9.17) is 5.73 Å². The zero-order valence-electron chi connectivity index (χ0n) is 22.0. The van der Waals surface area contributed by atoms with Gasteiger partial charge in [-0.1, -0.05) is 70.9 Å². The third-order valence-corrected chi connectivity index (χ3v) is 8.32. The number of nitrogens with two attached hydrogens (primary N) is 1. The van der Waals surface area contributed by atoms with Crippen LogP contribution in [-0.2, 0) is 30.4 Å². The zero-order chi connectivity index (χ0) is 27.1. The van der Waals surface area contributed by atoms with Crippen LogP contribution in [-0.4, -0.2) is 59.0 Å². The lowest BCUT2D eigenvalue weighted by Crippen LogP contribution is -2.58. The van der Waals surface area contributed by atoms with Crippen LogP contribution < -0.4 is 16.4 Å².